The fourth-order valence-corrected chi connectivity index (χ4v) is 9.91. The molecule has 0 radical (unpaired) electrons. The second kappa shape index (κ2) is 15.4. The average Bonchev–Trinajstić information content (AvgIpc) is 3.67. The van der Waals surface area contributed by atoms with Crippen LogP contribution in [0.25, 0.3) is 49.7 Å². The Kier molecular flexibility index (Phi) is 10.5. The molecule has 4 heterocycles. The summed E-state index contributed by atoms with van der Waals surface area (Å²) in [5, 5.41) is 3.92. The van der Waals surface area contributed by atoms with E-state index in [2.05, 4.69) is 124 Å². The number of imidazole rings is 1. The summed E-state index contributed by atoms with van der Waals surface area (Å²) in [7, 11) is 0. The Morgan fingerprint density at radius 3 is 2.19 bits per heavy atom. The zero-order valence-electron chi connectivity index (χ0n) is 32.7. The zero-order valence-corrected chi connectivity index (χ0v) is 32.7. The van der Waals surface area contributed by atoms with E-state index >= 15 is 0 Å². The van der Waals surface area contributed by atoms with Crippen LogP contribution in [-0.2, 0) is 21.3 Å². The topological polar surface area (TPSA) is 35.8 Å². The van der Waals surface area contributed by atoms with E-state index in [0.717, 1.165) is 77.0 Å². The molecule has 2 aliphatic heterocycles. The smallest absolute Gasteiger partial charge is 0.145 e. The van der Waals surface area contributed by atoms with E-state index in [1.54, 1.807) is 5.56 Å². The van der Waals surface area contributed by atoms with E-state index in [4.69, 9.17) is 14.5 Å². The van der Waals surface area contributed by atoms with Crippen molar-refractivity contribution in [2.24, 2.45) is 5.92 Å². The number of fused-ring (bicyclic) bond motifs is 6. The molecule has 6 aromatic rings. The first kappa shape index (κ1) is 36.0. The van der Waals surface area contributed by atoms with E-state index in [-0.39, 0.29) is 5.41 Å². The summed E-state index contributed by atoms with van der Waals surface area (Å²) >= 11 is 0. The number of para-hydroxylation sites is 1. The van der Waals surface area contributed by atoms with Gasteiger partial charge in [0.05, 0.1) is 17.4 Å². The van der Waals surface area contributed by atoms with Gasteiger partial charge in [-0.2, -0.15) is 0 Å². The van der Waals surface area contributed by atoms with Crippen molar-refractivity contribution in [3.8, 4) is 22.4 Å². The van der Waals surface area contributed by atoms with Gasteiger partial charge < -0.3 is 9.47 Å². The van der Waals surface area contributed by atoms with Crippen molar-refractivity contribution in [2.75, 3.05) is 26.4 Å². The molecular weight excluding hydrogens is 649 g/mol. The van der Waals surface area contributed by atoms with Gasteiger partial charge >= 0.3 is 0 Å². The molecular formula is C49H58N2O2. The minimum absolute atomic E-state index is 0.0223. The van der Waals surface area contributed by atoms with Gasteiger partial charge in [0.25, 0.3) is 0 Å². The lowest BCUT2D eigenvalue weighted by atomic mass is 9.68. The first-order chi connectivity index (χ1) is 26.0. The molecule has 0 N–H and O–H groups in total. The minimum Gasteiger partial charge on any atom is -0.381 e. The monoisotopic (exact) mass is 706 g/mol. The fourth-order valence-electron chi connectivity index (χ4n) is 9.91. The highest BCUT2D eigenvalue weighted by Gasteiger charge is 2.35. The van der Waals surface area contributed by atoms with Crippen LogP contribution in [0, 0.1) is 5.92 Å². The number of hydrogen-bond acceptors (Lipinski definition) is 3. The molecule has 2 fully saturated rings. The average molecular weight is 707 g/mol. The molecule has 4 heteroatoms. The number of unbranched alkanes of at least 4 members (excludes halogenated alkanes) is 1. The highest BCUT2D eigenvalue weighted by molar-refractivity contribution is 6.14. The second-order valence-electron chi connectivity index (χ2n) is 16.2. The molecule has 8 rings (SSSR count). The number of rotatable bonds is 11. The van der Waals surface area contributed by atoms with E-state index in [1.807, 2.05) is 0 Å². The lowest BCUT2D eigenvalue weighted by Crippen LogP contribution is -2.29. The summed E-state index contributed by atoms with van der Waals surface area (Å²) in [6.07, 6.45) is 12.0. The molecule has 0 aliphatic carbocycles. The van der Waals surface area contributed by atoms with Gasteiger partial charge in [-0.25, -0.2) is 4.98 Å². The van der Waals surface area contributed by atoms with Gasteiger partial charge in [-0.15, -0.1) is 0 Å². The van der Waals surface area contributed by atoms with E-state index in [1.165, 1.54) is 73.6 Å². The van der Waals surface area contributed by atoms with Gasteiger partial charge in [-0.3, -0.25) is 4.40 Å². The van der Waals surface area contributed by atoms with Crippen LogP contribution in [0.1, 0.15) is 120 Å². The van der Waals surface area contributed by atoms with E-state index in [0.29, 0.717) is 17.8 Å². The lowest BCUT2D eigenvalue weighted by Gasteiger charge is -2.36. The minimum atomic E-state index is 0.0223. The molecule has 4 nitrogen and oxygen atoms in total. The van der Waals surface area contributed by atoms with Gasteiger partial charge in [0.1, 0.15) is 5.65 Å². The number of pyridine rings is 1. The van der Waals surface area contributed by atoms with Crippen LogP contribution in [0.2, 0.25) is 0 Å². The third-order valence-electron chi connectivity index (χ3n) is 13.5. The summed E-state index contributed by atoms with van der Waals surface area (Å²) in [4.78, 5) is 5.53. The van der Waals surface area contributed by atoms with Crippen LogP contribution < -0.4 is 0 Å². The summed E-state index contributed by atoms with van der Waals surface area (Å²) in [5.74, 6) is 1.38. The largest absolute Gasteiger partial charge is 0.381 e. The van der Waals surface area contributed by atoms with Crippen LogP contribution >= 0.6 is 0 Å². The Balaban J connectivity index is 1.53. The number of ether oxygens (including phenoxy) is 2. The molecule has 0 bridgehead atoms. The SMILES string of the molecule is CCCCc1c(-c2ccccc2)cc(C2CCOCC2)c(-c2cnc3c4c(C(C)(CC)C(C)CC)cccc4c4ccccc4n23)c1C1CCOCC1. The first-order valence-corrected chi connectivity index (χ1v) is 20.7. The molecule has 2 atom stereocenters. The van der Waals surface area contributed by atoms with Crippen molar-refractivity contribution < 1.29 is 9.47 Å². The van der Waals surface area contributed by atoms with Crippen molar-refractivity contribution in [3.05, 3.63) is 107 Å². The summed E-state index contributed by atoms with van der Waals surface area (Å²) in [5.41, 5.74) is 13.8. The summed E-state index contributed by atoms with van der Waals surface area (Å²) < 4.78 is 14.6. The molecule has 4 aromatic carbocycles. The number of hydrogen-bond donors (Lipinski definition) is 0. The van der Waals surface area contributed by atoms with Gasteiger partial charge in [-0.1, -0.05) is 114 Å². The quantitative estimate of drug-likeness (QED) is 0.126. The van der Waals surface area contributed by atoms with Crippen molar-refractivity contribution >= 4 is 27.3 Å². The second-order valence-corrected chi connectivity index (χ2v) is 16.2. The maximum atomic E-state index is 6.06. The van der Waals surface area contributed by atoms with Crippen LogP contribution in [-0.4, -0.2) is 35.8 Å². The number of benzene rings is 4. The molecule has 53 heavy (non-hydrogen) atoms. The first-order valence-electron chi connectivity index (χ1n) is 20.7. The highest BCUT2D eigenvalue weighted by atomic mass is 16.5. The Labute approximate surface area is 316 Å². The van der Waals surface area contributed by atoms with Gasteiger partial charge in [0, 0.05) is 42.8 Å². The van der Waals surface area contributed by atoms with Crippen LogP contribution in [0.15, 0.2) is 85.1 Å². The van der Waals surface area contributed by atoms with Crippen molar-refractivity contribution in [1.29, 1.82) is 0 Å². The third kappa shape index (κ3) is 6.30. The number of nitrogens with zero attached hydrogens (tertiary/aromatic N) is 2. The molecule has 0 spiro atoms. The molecule has 2 unspecified atom stereocenters. The van der Waals surface area contributed by atoms with Crippen molar-refractivity contribution in [1.82, 2.24) is 9.38 Å². The third-order valence-corrected chi connectivity index (χ3v) is 13.5. The van der Waals surface area contributed by atoms with Gasteiger partial charge in [0.2, 0.25) is 0 Å². The maximum Gasteiger partial charge on any atom is 0.145 e. The zero-order chi connectivity index (χ0) is 36.5. The fraction of sp³-hybridized carbons (Fsp3) is 0.449. The van der Waals surface area contributed by atoms with E-state index < -0.39 is 0 Å². The maximum absolute atomic E-state index is 6.06. The van der Waals surface area contributed by atoms with Crippen molar-refractivity contribution in [3.63, 3.8) is 0 Å². The predicted molar refractivity (Wildman–Crippen MR) is 222 cm³/mol. The summed E-state index contributed by atoms with van der Waals surface area (Å²) in [6.45, 7) is 15.2. The van der Waals surface area contributed by atoms with Crippen LogP contribution in [0.3, 0.4) is 0 Å². The Hall–Kier alpha value is -3.99. The predicted octanol–water partition coefficient (Wildman–Crippen LogP) is 12.8. The Morgan fingerprint density at radius 2 is 1.49 bits per heavy atom. The van der Waals surface area contributed by atoms with Crippen molar-refractivity contribution in [2.45, 2.75) is 110 Å². The molecule has 0 saturated carbocycles. The number of aromatic nitrogens is 2. The van der Waals surface area contributed by atoms with E-state index in [9.17, 15) is 0 Å². The van der Waals surface area contributed by atoms with Crippen LogP contribution in [0.5, 0.6) is 0 Å². The highest BCUT2D eigenvalue weighted by Crippen LogP contribution is 2.50. The molecule has 276 valence electrons. The van der Waals surface area contributed by atoms with Gasteiger partial charge in [-0.05, 0) is 119 Å². The van der Waals surface area contributed by atoms with Crippen LogP contribution in [0.4, 0.5) is 0 Å². The Bertz CT molecular complexity index is 2210. The molecule has 0 amide bonds. The molecule has 2 aliphatic rings. The molecule has 2 saturated heterocycles. The standard InChI is InChI=1S/C49H58N2O2/c1-6-9-18-39-40(34-16-11-10-12-17-34)31-41(35-23-27-52-28-24-35)47(45(39)36-25-29-53-30-26-36)44-32-50-48-46-38(37-19-13-14-22-43(37)51(44)48)20-15-21-42(46)49(5,8-3)33(4)7-2/h10-17,19-22,31-33,35-36H,6-9,18,23-30H2,1-5H3. The summed E-state index contributed by atoms with van der Waals surface area (Å²) in [6, 6.07) is 29.9. The lowest BCUT2D eigenvalue weighted by molar-refractivity contribution is 0.0842. The molecule has 2 aromatic heterocycles. The Morgan fingerprint density at radius 1 is 0.811 bits per heavy atom. The van der Waals surface area contributed by atoms with Gasteiger partial charge in [0.15, 0.2) is 0 Å². The normalized spacial score (nSPS) is 17.8.